The van der Waals surface area contributed by atoms with Crippen LogP contribution in [0.3, 0.4) is 0 Å². The highest BCUT2D eigenvalue weighted by molar-refractivity contribution is 5.74. The molecule has 0 aliphatic heterocycles. The predicted octanol–water partition coefficient (Wildman–Crippen LogP) is 2.13. The molecule has 3 N–H and O–H groups in total. The van der Waals surface area contributed by atoms with Gasteiger partial charge in [-0.1, -0.05) is 0 Å². The van der Waals surface area contributed by atoms with E-state index < -0.39 is 5.60 Å². The Hall–Kier alpha value is -2.28. The van der Waals surface area contributed by atoms with Crippen molar-refractivity contribution in [2.75, 3.05) is 6.54 Å². The first-order chi connectivity index (χ1) is 11.2. The maximum absolute atomic E-state index is 12.0. The highest BCUT2D eigenvalue weighted by Crippen LogP contribution is 2.21. The van der Waals surface area contributed by atoms with E-state index in [9.17, 15) is 9.90 Å². The number of hydrogen-bond acceptors (Lipinski definition) is 4. The topological polar surface area (TPSA) is 92.3 Å². The maximum Gasteiger partial charge on any atom is 0.315 e. The van der Waals surface area contributed by atoms with Gasteiger partial charge in [-0.15, -0.1) is 0 Å². The summed E-state index contributed by atoms with van der Waals surface area (Å²) >= 11 is 0. The molecule has 7 heteroatoms. The number of carbonyl (C=O) groups is 1. The first kappa shape index (κ1) is 18.1. The van der Waals surface area contributed by atoms with Crippen LogP contribution in [0.4, 0.5) is 4.79 Å². The van der Waals surface area contributed by atoms with Gasteiger partial charge in [-0.3, -0.25) is 4.68 Å². The van der Waals surface area contributed by atoms with Crippen molar-refractivity contribution in [2.24, 2.45) is 0 Å². The highest BCUT2D eigenvalue weighted by atomic mass is 16.4. The van der Waals surface area contributed by atoms with Crippen molar-refractivity contribution in [3.8, 4) is 0 Å². The summed E-state index contributed by atoms with van der Waals surface area (Å²) in [5, 5.41) is 20.3. The zero-order chi connectivity index (χ0) is 17.9. The van der Waals surface area contributed by atoms with Crippen LogP contribution in [0.5, 0.6) is 0 Å². The molecule has 2 aromatic rings. The van der Waals surface area contributed by atoms with Crippen LogP contribution in [-0.4, -0.2) is 27.5 Å². The molecule has 7 nitrogen and oxygen atoms in total. The molecule has 0 saturated heterocycles. The van der Waals surface area contributed by atoms with Crippen LogP contribution in [0.15, 0.2) is 16.5 Å². The van der Waals surface area contributed by atoms with E-state index in [0.29, 0.717) is 18.1 Å². The van der Waals surface area contributed by atoms with Crippen molar-refractivity contribution in [3.05, 3.63) is 40.6 Å². The monoisotopic (exact) mass is 334 g/mol. The minimum absolute atomic E-state index is 0.0535. The lowest BCUT2D eigenvalue weighted by Crippen LogP contribution is -2.43. The third-order valence-electron chi connectivity index (χ3n) is 4.12. The second kappa shape index (κ2) is 7.09. The van der Waals surface area contributed by atoms with Crippen molar-refractivity contribution >= 4 is 6.03 Å². The first-order valence-electron chi connectivity index (χ1n) is 8.08. The lowest BCUT2D eigenvalue weighted by atomic mass is 10.0. The smallest absolute Gasteiger partial charge is 0.315 e. The molecular formula is C17H26N4O3. The number of aliphatic hydroxyl groups is 1. The van der Waals surface area contributed by atoms with Crippen LogP contribution in [0.2, 0.25) is 0 Å². The van der Waals surface area contributed by atoms with Crippen LogP contribution >= 0.6 is 0 Å². The van der Waals surface area contributed by atoms with Crippen LogP contribution in [-0.2, 0) is 18.7 Å². The molecule has 2 heterocycles. The summed E-state index contributed by atoms with van der Waals surface area (Å²) < 4.78 is 7.33. The maximum atomic E-state index is 12.0. The van der Waals surface area contributed by atoms with Gasteiger partial charge in [0.15, 0.2) is 0 Å². The molecule has 0 aliphatic carbocycles. The molecule has 132 valence electrons. The molecular weight excluding hydrogens is 308 g/mol. The van der Waals surface area contributed by atoms with Crippen LogP contribution < -0.4 is 10.6 Å². The number of aryl methyl sites for hydroxylation is 3. The first-order valence-corrected chi connectivity index (χ1v) is 8.08. The number of nitrogens with zero attached hydrogens (tertiary/aromatic N) is 2. The molecule has 0 saturated carbocycles. The van der Waals surface area contributed by atoms with Crippen molar-refractivity contribution in [1.82, 2.24) is 20.4 Å². The average Bonchev–Trinajstić information content (AvgIpc) is 3.08. The zero-order valence-corrected chi connectivity index (χ0v) is 14.9. The van der Waals surface area contributed by atoms with E-state index in [1.165, 1.54) is 0 Å². The number of rotatable bonds is 6. The Morgan fingerprint density at radius 1 is 1.33 bits per heavy atom. The molecule has 2 amide bonds. The number of furan rings is 1. The zero-order valence-electron chi connectivity index (χ0n) is 14.9. The number of amides is 2. The molecule has 0 spiro atoms. The van der Waals surface area contributed by atoms with Crippen LogP contribution in [0, 0.1) is 20.8 Å². The summed E-state index contributed by atoms with van der Waals surface area (Å²) in [6.45, 7) is 10.6. The lowest BCUT2D eigenvalue weighted by Gasteiger charge is -2.21. The Balaban J connectivity index is 1.89. The summed E-state index contributed by atoms with van der Waals surface area (Å²) in [7, 11) is 0. The van der Waals surface area contributed by atoms with Gasteiger partial charge in [0.2, 0.25) is 0 Å². The number of nitrogens with one attached hydrogen (secondary N) is 2. The summed E-state index contributed by atoms with van der Waals surface area (Å²) in [6, 6.07) is 3.14. The second-order valence-electron chi connectivity index (χ2n) is 6.19. The summed E-state index contributed by atoms with van der Waals surface area (Å²) in [4.78, 5) is 12.0. The molecule has 2 rings (SSSR count). The van der Waals surface area contributed by atoms with E-state index in [2.05, 4.69) is 15.7 Å². The van der Waals surface area contributed by atoms with E-state index in [0.717, 1.165) is 23.5 Å². The predicted molar refractivity (Wildman–Crippen MR) is 90.6 cm³/mol. The minimum atomic E-state index is -1.26. The Kier molecular flexibility index (Phi) is 5.33. The molecule has 24 heavy (non-hydrogen) atoms. The number of hydrogen-bond donors (Lipinski definition) is 3. The molecule has 0 fully saturated rings. The average molecular weight is 334 g/mol. The molecule has 0 radical (unpaired) electrons. The fraction of sp³-hybridized carbons (Fsp3) is 0.529. The van der Waals surface area contributed by atoms with Gasteiger partial charge in [-0.2, -0.15) is 5.10 Å². The van der Waals surface area contributed by atoms with E-state index in [4.69, 9.17) is 4.42 Å². The van der Waals surface area contributed by atoms with Gasteiger partial charge in [0.1, 0.15) is 17.1 Å². The third-order valence-corrected chi connectivity index (χ3v) is 4.12. The van der Waals surface area contributed by atoms with E-state index in [-0.39, 0.29) is 12.6 Å². The molecule has 1 atom stereocenters. The Bertz CT molecular complexity index is 715. The quantitative estimate of drug-likeness (QED) is 0.754. The van der Waals surface area contributed by atoms with Gasteiger partial charge in [-0.05, 0) is 46.8 Å². The lowest BCUT2D eigenvalue weighted by molar-refractivity contribution is 0.0359. The van der Waals surface area contributed by atoms with E-state index >= 15 is 0 Å². The largest absolute Gasteiger partial charge is 0.463 e. The molecule has 0 bridgehead atoms. The fourth-order valence-corrected chi connectivity index (χ4v) is 2.59. The molecule has 0 aliphatic rings. The summed E-state index contributed by atoms with van der Waals surface area (Å²) in [5.74, 6) is 1.14. The normalized spacial score (nSPS) is 13.6. The number of aromatic nitrogens is 2. The van der Waals surface area contributed by atoms with E-state index in [1.54, 1.807) is 26.0 Å². The van der Waals surface area contributed by atoms with E-state index in [1.807, 2.05) is 25.5 Å². The van der Waals surface area contributed by atoms with Crippen LogP contribution in [0.25, 0.3) is 0 Å². The van der Waals surface area contributed by atoms with Gasteiger partial charge in [0, 0.05) is 24.3 Å². The van der Waals surface area contributed by atoms with Crippen molar-refractivity contribution < 1.29 is 14.3 Å². The van der Waals surface area contributed by atoms with Crippen molar-refractivity contribution in [1.29, 1.82) is 0 Å². The van der Waals surface area contributed by atoms with Gasteiger partial charge in [0.25, 0.3) is 0 Å². The Morgan fingerprint density at radius 2 is 2.04 bits per heavy atom. The summed E-state index contributed by atoms with van der Waals surface area (Å²) in [5.41, 5.74) is 1.71. The number of carbonyl (C=O) groups excluding carboxylic acids is 1. The van der Waals surface area contributed by atoms with Gasteiger partial charge in [0.05, 0.1) is 12.2 Å². The van der Waals surface area contributed by atoms with Crippen molar-refractivity contribution in [2.45, 2.75) is 53.3 Å². The summed E-state index contributed by atoms with van der Waals surface area (Å²) in [6.07, 6.45) is 0. The SMILES string of the molecule is CCn1nc(C)c(CNC(=O)NCC(C)(O)c2ccc(C)o2)c1C. The van der Waals surface area contributed by atoms with Gasteiger partial charge in [-0.25, -0.2) is 4.79 Å². The van der Waals surface area contributed by atoms with Gasteiger partial charge < -0.3 is 20.2 Å². The standard InChI is InChI=1S/C17H26N4O3/c1-6-21-13(4)14(12(3)20-21)9-18-16(22)19-10-17(5,23)15-8-7-11(2)24-15/h7-8,23H,6,9-10H2,1-5H3,(H2,18,19,22). The number of urea groups is 1. The van der Waals surface area contributed by atoms with Crippen LogP contribution in [0.1, 0.15) is 42.3 Å². The molecule has 1 unspecified atom stereocenters. The molecule has 2 aromatic heterocycles. The third kappa shape index (κ3) is 3.97. The fourth-order valence-electron chi connectivity index (χ4n) is 2.59. The molecule has 0 aromatic carbocycles. The van der Waals surface area contributed by atoms with Crippen molar-refractivity contribution in [3.63, 3.8) is 0 Å². The second-order valence-corrected chi connectivity index (χ2v) is 6.19. The van der Waals surface area contributed by atoms with Gasteiger partial charge >= 0.3 is 6.03 Å². The Labute approximate surface area is 142 Å². The Morgan fingerprint density at radius 3 is 2.58 bits per heavy atom. The highest BCUT2D eigenvalue weighted by Gasteiger charge is 2.27. The minimum Gasteiger partial charge on any atom is -0.463 e.